The van der Waals surface area contributed by atoms with E-state index in [1.54, 1.807) is 24.3 Å². The zero-order valence-corrected chi connectivity index (χ0v) is 15.2. The summed E-state index contributed by atoms with van der Waals surface area (Å²) < 4.78 is 5.15. The molecular weight excluding hydrogens is 345 g/mol. The summed E-state index contributed by atoms with van der Waals surface area (Å²) in [5.41, 5.74) is 0.737. The van der Waals surface area contributed by atoms with E-state index < -0.39 is 0 Å². The second kappa shape index (κ2) is 11.8. The van der Waals surface area contributed by atoms with Crippen LogP contribution in [-0.2, 0) is 9.53 Å². The van der Waals surface area contributed by atoms with Gasteiger partial charge in [-0.15, -0.1) is 12.4 Å². The molecule has 0 heterocycles. The van der Waals surface area contributed by atoms with E-state index in [1.807, 2.05) is 0 Å². The van der Waals surface area contributed by atoms with Crippen LogP contribution in [0.15, 0.2) is 24.3 Å². The average molecular weight is 367 g/mol. The Kier molecular flexibility index (Phi) is 11.4. The van der Waals surface area contributed by atoms with Gasteiger partial charge in [-0.05, 0) is 43.3 Å². The van der Waals surface area contributed by atoms with Crippen LogP contribution in [0.3, 0.4) is 0 Å². The standard InChI is InChI=1S/C16H21Cl2NO2.ClH/c1-3-19(4-2)10-5-11-21-16(20)9-7-13-6-8-14(17)12-15(13)18;/h6-9,12H,3-5,10-11H2,1-2H3;1H/b9-7-;. The summed E-state index contributed by atoms with van der Waals surface area (Å²) in [5, 5.41) is 1.07. The van der Waals surface area contributed by atoms with Crippen LogP contribution in [0.5, 0.6) is 0 Å². The van der Waals surface area contributed by atoms with Crippen molar-refractivity contribution in [2.24, 2.45) is 0 Å². The van der Waals surface area contributed by atoms with E-state index >= 15 is 0 Å². The Morgan fingerprint density at radius 1 is 1.27 bits per heavy atom. The van der Waals surface area contributed by atoms with Crippen molar-refractivity contribution in [2.75, 3.05) is 26.2 Å². The van der Waals surface area contributed by atoms with Gasteiger partial charge in [0.05, 0.1) is 6.61 Å². The van der Waals surface area contributed by atoms with Gasteiger partial charge in [0, 0.05) is 22.7 Å². The van der Waals surface area contributed by atoms with E-state index in [0.717, 1.165) is 31.6 Å². The van der Waals surface area contributed by atoms with Gasteiger partial charge in [-0.25, -0.2) is 4.79 Å². The van der Waals surface area contributed by atoms with Gasteiger partial charge in [-0.2, -0.15) is 0 Å². The summed E-state index contributed by atoms with van der Waals surface area (Å²) in [6, 6.07) is 5.12. The Morgan fingerprint density at radius 3 is 2.55 bits per heavy atom. The molecule has 1 aromatic rings. The molecule has 0 N–H and O–H groups in total. The maximum Gasteiger partial charge on any atom is 0.330 e. The first-order chi connectivity index (χ1) is 10.1. The average Bonchev–Trinajstić information content (AvgIpc) is 2.46. The lowest BCUT2D eigenvalue weighted by molar-refractivity contribution is -0.137. The van der Waals surface area contributed by atoms with E-state index in [2.05, 4.69) is 18.7 Å². The molecule has 0 aromatic heterocycles. The largest absolute Gasteiger partial charge is 0.462 e. The van der Waals surface area contributed by atoms with E-state index in [4.69, 9.17) is 27.9 Å². The lowest BCUT2D eigenvalue weighted by Gasteiger charge is -2.17. The van der Waals surface area contributed by atoms with E-state index in [0.29, 0.717) is 16.7 Å². The van der Waals surface area contributed by atoms with Gasteiger partial charge in [-0.1, -0.05) is 43.1 Å². The number of esters is 1. The van der Waals surface area contributed by atoms with Gasteiger partial charge < -0.3 is 9.64 Å². The number of carbonyl (C=O) groups excluding carboxylic acids is 1. The normalized spacial score (nSPS) is 10.8. The molecule has 22 heavy (non-hydrogen) atoms. The van der Waals surface area contributed by atoms with Gasteiger partial charge >= 0.3 is 5.97 Å². The van der Waals surface area contributed by atoms with Crippen molar-refractivity contribution >= 4 is 47.7 Å². The summed E-state index contributed by atoms with van der Waals surface area (Å²) in [6.45, 7) is 7.63. The summed E-state index contributed by atoms with van der Waals surface area (Å²) >= 11 is 11.8. The highest BCUT2D eigenvalue weighted by Crippen LogP contribution is 2.21. The maximum atomic E-state index is 11.6. The second-order valence-electron chi connectivity index (χ2n) is 4.55. The number of rotatable bonds is 8. The fourth-order valence-corrected chi connectivity index (χ4v) is 2.31. The van der Waals surface area contributed by atoms with Crippen molar-refractivity contribution in [2.45, 2.75) is 20.3 Å². The van der Waals surface area contributed by atoms with Gasteiger partial charge in [0.15, 0.2) is 0 Å². The molecule has 0 radical (unpaired) electrons. The quantitative estimate of drug-likeness (QED) is 0.379. The van der Waals surface area contributed by atoms with Crippen LogP contribution in [0, 0.1) is 0 Å². The molecule has 0 aliphatic heterocycles. The molecular formula is C16H22Cl3NO2. The first kappa shape index (κ1) is 21.3. The molecule has 0 fully saturated rings. The third-order valence-electron chi connectivity index (χ3n) is 3.12. The molecule has 1 rings (SSSR count). The number of nitrogens with zero attached hydrogens (tertiary/aromatic N) is 1. The third-order valence-corrected chi connectivity index (χ3v) is 3.68. The summed E-state index contributed by atoms with van der Waals surface area (Å²) in [4.78, 5) is 13.9. The van der Waals surface area contributed by atoms with Crippen molar-refractivity contribution in [1.82, 2.24) is 4.90 Å². The molecule has 0 saturated heterocycles. The van der Waals surface area contributed by atoms with Gasteiger partial charge in [0.1, 0.15) is 0 Å². The zero-order chi connectivity index (χ0) is 15.7. The first-order valence-electron chi connectivity index (χ1n) is 7.09. The van der Waals surface area contributed by atoms with Crippen molar-refractivity contribution in [3.63, 3.8) is 0 Å². The Labute approximate surface area is 148 Å². The Balaban J connectivity index is 0.00000441. The van der Waals surface area contributed by atoms with Crippen LogP contribution in [0.25, 0.3) is 6.08 Å². The van der Waals surface area contributed by atoms with Crippen molar-refractivity contribution in [1.29, 1.82) is 0 Å². The molecule has 0 amide bonds. The van der Waals surface area contributed by atoms with Gasteiger partial charge in [0.25, 0.3) is 0 Å². The minimum atomic E-state index is -0.361. The minimum absolute atomic E-state index is 0. The summed E-state index contributed by atoms with van der Waals surface area (Å²) in [6.07, 6.45) is 3.85. The maximum absolute atomic E-state index is 11.6. The monoisotopic (exact) mass is 365 g/mol. The molecule has 0 atom stereocenters. The number of ether oxygens (including phenoxy) is 1. The first-order valence-corrected chi connectivity index (χ1v) is 7.84. The molecule has 0 aliphatic carbocycles. The van der Waals surface area contributed by atoms with Crippen molar-refractivity contribution < 1.29 is 9.53 Å². The summed E-state index contributed by atoms with van der Waals surface area (Å²) in [5.74, 6) is -0.361. The van der Waals surface area contributed by atoms with Gasteiger partial charge in [-0.3, -0.25) is 0 Å². The van der Waals surface area contributed by atoms with Crippen molar-refractivity contribution in [3.8, 4) is 0 Å². The van der Waals surface area contributed by atoms with Crippen LogP contribution >= 0.6 is 35.6 Å². The predicted octanol–water partition coefficient (Wildman–Crippen LogP) is 4.70. The number of carbonyl (C=O) groups is 1. The number of hydrogen-bond donors (Lipinski definition) is 0. The number of halogens is 3. The zero-order valence-electron chi connectivity index (χ0n) is 12.9. The topological polar surface area (TPSA) is 29.5 Å². The molecule has 0 unspecified atom stereocenters. The van der Waals surface area contributed by atoms with E-state index in [1.165, 1.54) is 6.08 Å². The number of hydrogen-bond acceptors (Lipinski definition) is 3. The van der Waals surface area contributed by atoms with Crippen molar-refractivity contribution in [3.05, 3.63) is 39.9 Å². The fourth-order valence-electron chi connectivity index (χ4n) is 1.84. The molecule has 0 aliphatic rings. The van der Waals surface area contributed by atoms with Gasteiger partial charge in [0.2, 0.25) is 0 Å². The highest BCUT2D eigenvalue weighted by Gasteiger charge is 2.02. The Morgan fingerprint density at radius 2 is 1.95 bits per heavy atom. The molecule has 0 spiro atoms. The molecule has 124 valence electrons. The Hall–Kier alpha value is -0.740. The van der Waals surface area contributed by atoms with Crippen LogP contribution < -0.4 is 0 Å². The smallest absolute Gasteiger partial charge is 0.330 e. The SMILES string of the molecule is CCN(CC)CCCOC(=O)/C=C\c1ccc(Cl)cc1Cl.Cl. The minimum Gasteiger partial charge on any atom is -0.462 e. The predicted molar refractivity (Wildman–Crippen MR) is 96.1 cm³/mol. The molecule has 0 bridgehead atoms. The van der Waals surface area contributed by atoms with E-state index in [-0.39, 0.29) is 18.4 Å². The molecule has 0 saturated carbocycles. The molecule has 6 heteroatoms. The van der Waals surface area contributed by atoms with Crippen LogP contribution in [0.4, 0.5) is 0 Å². The highest BCUT2D eigenvalue weighted by molar-refractivity contribution is 6.35. The van der Waals surface area contributed by atoms with E-state index in [9.17, 15) is 4.79 Å². The third kappa shape index (κ3) is 8.04. The van der Waals surface area contributed by atoms with Crippen LogP contribution in [-0.4, -0.2) is 37.1 Å². The molecule has 3 nitrogen and oxygen atoms in total. The lowest BCUT2D eigenvalue weighted by Crippen LogP contribution is -2.25. The second-order valence-corrected chi connectivity index (χ2v) is 5.39. The number of benzene rings is 1. The van der Waals surface area contributed by atoms with Crippen LogP contribution in [0.1, 0.15) is 25.8 Å². The fraction of sp³-hybridized carbons (Fsp3) is 0.438. The molecule has 1 aromatic carbocycles. The summed E-state index contributed by atoms with van der Waals surface area (Å²) in [7, 11) is 0. The highest BCUT2D eigenvalue weighted by atomic mass is 35.5. The lowest BCUT2D eigenvalue weighted by atomic mass is 10.2. The van der Waals surface area contributed by atoms with Crippen LogP contribution in [0.2, 0.25) is 10.0 Å². The Bertz CT molecular complexity index is 488.